The van der Waals surface area contributed by atoms with Crippen LogP contribution in [0.2, 0.25) is 0 Å². The van der Waals surface area contributed by atoms with Crippen molar-refractivity contribution < 1.29 is 43.8 Å². The highest BCUT2D eigenvalue weighted by molar-refractivity contribution is 7.94. The first-order chi connectivity index (χ1) is 22.1. The van der Waals surface area contributed by atoms with E-state index in [1.807, 2.05) is 38.1 Å². The Morgan fingerprint density at radius 1 is 1.04 bits per heavy atom. The first-order valence-electron chi connectivity index (χ1n) is 15.1. The quantitative estimate of drug-likeness (QED) is 0.0543. The highest BCUT2D eigenvalue weighted by atomic mass is 32.2. The van der Waals surface area contributed by atoms with Gasteiger partial charge in [-0.15, -0.1) is 4.33 Å². The number of fused-ring (bicyclic) bond motifs is 11. The van der Waals surface area contributed by atoms with Gasteiger partial charge in [0.15, 0.2) is 0 Å². The van der Waals surface area contributed by atoms with E-state index in [1.54, 1.807) is 29.7 Å². The summed E-state index contributed by atoms with van der Waals surface area (Å²) in [7, 11) is 0. The molecule has 0 aromatic heterocycles. The predicted molar refractivity (Wildman–Crippen MR) is 169 cm³/mol. The molecular formula is C31H43N5O9S. The zero-order chi connectivity index (χ0) is 33.5. The number of amides is 4. The second kappa shape index (κ2) is 19.1. The lowest BCUT2D eigenvalue weighted by Gasteiger charge is -2.29. The summed E-state index contributed by atoms with van der Waals surface area (Å²) in [6, 6.07) is 12.7. The third-order valence-electron chi connectivity index (χ3n) is 7.54. The highest BCUT2D eigenvalue weighted by Crippen LogP contribution is 2.27. The van der Waals surface area contributed by atoms with E-state index in [2.05, 4.69) is 25.3 Å². The van der Waals surface area contributed by atoms with E-state index in [0.717, 1.165) is 16.7 Å². The van der Waals surface area contributed by atoms with Gasteiger partial charge in [0.05, 0.1) is 18.6 Å². The Kier molecular flexibility index (Phi) is 15.2. The van der Waals surface area contributed by atoms with Crippen LogP contribution in [0.1, 0.15) is 49.8 Å². The van der Waals surface area contributed by atoms with Gasteiger partial charge in [-0.1, -0.05) is 55.3 Å². The predicted octanol–water partition coefficient (Wildman–Crippen LogP) is 2.00. The summed E-state index contributed by atoms with van der Waals surface area (Å²) >= 11 is 0.692. The number of ether oxygens (including phenoxy) is 1. The van der Waals surface area contributed by atoms with E-state index in [1.165, 1.54) is 0 Å². The summed E-state index contributed by atoms with van der Waals surface area (Å²) in [6.07, 6.45) is 1.39. The van der Waals surface area contributed by atoms with Crippen molar-refractivity contribution in [2.75, 3.05) is 12.4 Å². The molecular weight excluding hydrogens is 618 g/mol. The molecule has 2 bridgehead atoms. The van der Waals surface area contributed by atoms with Crippen molar-refractivity contribution in [2.24, 2.45) is 23.5 Å². The van der Waals surface area contributed by atoms with E-state index >= 15 is 0 Å². The molecule has 2 aromatic rings. The summed E-state index contributed by atoms with van der Waals surface area (Å²) in [5, 5.41) is 29.6. The number of hydroxylamine groups is 1. The third kappa shape index (κ3) is 11.9. The second-order valence-corrected chi connectivity index (χ2v) is 12.2. The van der Waals surface area contributed by atoms with Gasteiger partial charge in [0.25, 0.3) is 0 Å². The summed E-state index contributed by atoms with van der Waals surface area (Å²) in [6.45, 7) is 4.65. The maximum atomic E-state index is 13.7. The number of carbonyl (C=O) groups excluding carboxylic acids is 4. The zero-order valence-electron chi connectivity index (χ0n) is 25.9. The fraction of sp³-hybridized carbons (Fsp3) is 0.484. The van der Waals surface area contributed by atoms with Crippen LogP contribution in [0.25, 0.3) is 0 Å². The average Bonchev–Trinajstić information content (AvgIpc) is 3.05. The molecule has 252 valence electrons. The molecule has 0 saturated heterocycles. The number of hydrogen-bond donors (Lipinski definition) is 7. The van der Waals surface area contributed by atoms with Crippen molar-refractivity contribution in [2.45, 2.75) is 64.7 Å². The summed E-state index contributed by atoms with van der Waals surface area (Å²) < 4.78 is 10.0. The van der Waals surface area contributed by atoms with Crippen LogP contribution >= 0.6 is 12.0 Å². The number of nitrogens with one attached hydrogen (secondary N) is 4. The lowest BCUT2D eigenvalue weighted by molar-refractivity contribution is -0.432. The van der Waals surface area contributed by atoms with Crippen molar-refractivity contribution in [1.29, 1.82) is 0 Å². The molecule has 0 spiro atoms. The van der Waals surface area contributed by atoms with Gasteiger partial charge < -0.3 is 26.4 Å². The Morgan fingerprint density at radius 2 is 1.70 bits per heavy atom. The highest BCUT2D eigenvalue weighted by Gasteiger charge is 2.36. The lowest BCUT2D eigenvalue weighted by atomic mass is 9.81. The van der Waals surface area contributed by atoms with Crippen LogP contribution in [0.3, 0.4) is 0 Å². The number of rotatable bonds is 13. The molecule has 4 amide bonds. The molecule has 8 N–H and O–H groups in total. The van der Waals surface area contributed by atoms with E-state index in [4.69, 9.17) is 15.7 Å². The molecule has 2 heterocycles. The average molecular weight is 662 g/mol. The molecule has 2 aliphatic heterocycles. The van der Waals surface area contributed by atoms with Crippen molar-refractivity contribution in [3.05, 3.63) is 65.2 Å². The van der Waals surface area contributed by atoms with Crippen LogP contribution < -0.4 is 31.9 Å². The first kappa shape index (κ1) is 36.7. The largest absolute Gasteiger partial charge is 0.494 e. The molecule has 0 saturated carbocycles. The standard InChI is InChI=1S/C31H43N5O9S/c1-19(2)14-25-24(29(38)36-41)4-3-13-43-23-11-9-20(10-12-23)15-27(35-28(25)37)31(40)34-17-22-7-5-21(6-8-22)16-33-30(39)26(32)18-46-45-44-42/h5-12,19,24-27,41-42H,3-4,13-18,32H2,1-2H3,(H,33,39)(H,34,40)(H,35,37)(H,36,38)/t24-,25+,26?,27-/m0/s1. The molecule has 2 aliphatic rings. The third-order valence-corrected chi connectivity index (χ3v) is 8.19. The minimum Gasteiger partial charge on any atom is -0.494 e. The molecule has 4 atom stereocenters. The van der Waals surface area contributed by atoms with Crippen LogP contribution in [-0.2, 0) is 48.1 Å². The molecule has 15 heteroatoms. The minimum absolute atomic E-state index is 0.0726. The van der Waals surface area contributed by atoms with Gasteiger partial charge in [0.2, 0.25) is 23.6 Å². The van der Waals surface area contributed by atoms with Crippen molar-refractivity contribution >= 4 is 35.7 Å². The van der Waals surface area contributed by atoms with Gasteiger partial charge >= 0.3 is 0 Å². The van der Waals surface area contributed by atoms with E-state index in [0.29, 0.717) is 43.7 Å². The van der Waals surface area contributed by atoms with Crippen molar-refractivity contribution in [3.8, 4) is 5.75 Å². The molecule has 14 nitrogen and oxygen atoms in total. The molecule has 4 rings (SSSR count). The van der Waals surface area contributed by atoms with Crippen LogP contribution in [0, 0.1) is 17.8 Å². The number of benzene rings is 2. The number of hydrogen-bond acceptors (Lipinski definition) is 11. The van der Waals surface area contributed by atoms with E-state index in [-0.39, 0.29) is 31.2 Å². The van der Waals surface area contributed by atoms with Gasteiger partial charge in [-0.05, 0) is 54.0 Å². The minimum atomic E-state index is -0.930. The SMILES string of the molecule is CC(C)C[C@H]1C(=O)N[C@H](C(=O)NCc2ccc(CNC(=O)C(N)CSOOO)cc2)Cc2ccc(cc2)OCCC[C@@H]1C(=O)NO. The Balaban J connectivity index is 1.69. The Bertz CT molecular complexity index is 1280. The van der Waals surface area contributed by atoms with Crippen LogP contribution in [0.5, 0.6) is 5.75 Å². The van der Waals surface area contributed by atoms with Gasteiger partial charge in [-0.2, -0.15) is 0 Å². The molecule has 0 radical (unpaired) electrons. The molecule has 2 aromatic carbocycles. The number of nitrogens with two attached hydrogens (primary N) is 1. The van der Waals surface area contributed by atoms with Crippen LogP contribution in [0.15, 0.2) is 48.5 Å². The first-order valence-corrected chi connectivity index (χ1v) is 16.0. The lowest BCUT2D eigenvalue weighted by Crippen LogP contribution is -2.51. The van der Waals surface area contributed by atoms with Gasteiger partial charge in [-0.25, -0.2) is 10.7 Å². The molecule has 46 heavy (non-hydrogen) atoms. The maximum absolute atomic E-state index is 13.7. The van der Waals surface area contributed by atoms with Crippen LogP contribution in [-0.4, -0.2) is 58.5 Å². The molecule has 1 unspecified atom stereocenters. The van der Waals surface area contributed by atoms with Gasteiger partial charge in [-0.3, -0.25) is 24.4 Å². The topological polar surface area (TPSA) is 211 Å². The van der Waals surface area contributed by atoms with Gasteiger partial charge in [0.1, 0.15) is 11.8 Å². The molecule has 0 fully saturated rings. The van der Waals surface area contributed by atoms with Crippen LogP contribution in [0.4, 0.5) is 0 Å². The smallest absolute Gasteiger partial charge is 0.247 e. The summed E-state index contributed by atoms with van der Waals surface area (Å²) in [5.74, 6) is -2.66. The van der Waals surface area contributed by atoms with Crippen molar-refractivity contribution in [3.63, 3.8) is 0 Å². The normalized spacial score (nSPS) is 19.3. The monoisotopic (exact) mass is 661 g/mol. The van der Waals surface area contributed by atoms with E-state index in [9.17, 15) is 24.4 Å². The Morgan fingerprint density at radius 3 is 2.30 bits per heavy atom. The molecule has 0 aliphatic carbocycles. The van der Waals surface area contributed by atoms with E-state index < -0.39 is 47.5 Å². The van der Waals surface area contributed by atoms with Gasteiger partial charge in [0, 0.05) is 43.2 Å². The number of carbonyl (C=O) groups is 4. The fourth-order valence-corrected chi connectivity index (χ4v) is 5.50. The fourth-order valence-electron chi connectivity index (χ4n) is 5.10. The Labute approximate surface area is 272 Å². The Hall–Kier alpha value is -3.73. The zero-order valence-corrected chi connectivity index (χ0v) is 26.7. The maximum Gasteiger partial charge on any atom is 0.247 e. The summed E-state index contributed by atoms with van der Waals surface area (Å²) in [5.41, 5.74) is 9.89. The van der Waals surface area contributed by atoms with Crippen molar-refractivity contribution in [1.82, 2.24) is 21.4 Å². The second-order valence-electron chi connectivity index (χ2n) is 11.5. The summed E-state index contributed by atoms with van der Waals surface area (Å²) in [4.78, 5) is 52.0.